The number of pyridine rings is 1. The number of rotatable bonds is 2. The second-order valence-electron chi connectivity index (χ2n) is 5.29. The smallest absolute Gasteiger partial charge is 0.0824 e. The number of nitrogens with zero attached hydrogens (tertiary/aromatic N) is 1. The first-order valence-corrected chi connectivity index (χ1v) is 6.87. The third-order valence-electron chi connectivity index (χ3n) is 4.13. The lowest BCUT2D eigenvalue weighted by atomic mass is 9.82. The maximum absolute atomic E-state index is 10.6. The number of hydrogen-bond donors (Lipinski definition) is 1. The summed E-state index contributed by atoms with van der Waals surface area (Å²) in [7, 11) is 0. The zero-order valence-corrected chi connectivity index (χ0v) is 10.5. The first kappa shape index (κ1) is 11.7. The van der Waals surface area contributed by atoms with Gasteiger partial charge in [-0.1, -0.05) is 37.5 Å². The Labute approximate surface area is 108 Å². The number of aromatic nitrogens is 1. The quantitative estimate of drug-likeness (QED) is 0.866. The zero-order chi connectivity index (χ0) is 12.4. The van der Waals surface area contributed by atoms with Gasteiger partial charge in [0.25, 0.3) is 0 Å². The van der Waals surface area contributed by atoms with Crippen LogP contribution < -0.4 is 0 Å². The Morgan fingerprint density at radius 3 is 2.78 bits per heavy atom. The van der Waals surface area contributed by atoms with Gasteiger partial charge in [0.05, 0.1) is 6.10 Å². The highest BCUT2D eigenvalue weighted by atomic mass is 16.3. The second kappa shape index (κ2) is 5.07. The number of aliphatic hydroxyl groups is 1. The second-order valence-corrected chi connectivity index (χ2v) is 5.29. The van der Waals surface area contributed by atoms with E-state index in [1.54, 1.807) is 6.20 Å². The largest absolute Gasteiger partial charge is 0.388 e. The molecule has 3 rings (SSSR count). The molecule has 0 saturated heterocycles. The molecule has 1 atom stereocenters. The summed E-state index contributed by atoms with van der Waals surface area (Å²) in [4.78, 5) is 4.19. The molecule has 94 valence electrons. The van der Waals surface area contributed by atoms with Gasteiger partial charge in [-0.05, 0) is 35.8 Å². The van der Waals surface area contributed by atoms with Crippen LogP contribution in [-0.4, -0.2) is 10.1 Å². The van der Waals surface area contributed by atoms with Crippen LogP contribution >= 0.6 is 0 Å². The van der Waals surface area contributed by atoms with E-state index in [1.807, 2.05) is 24.4 Å². The third kappa shape index (κ3) is 2.13. The lowest BCUT2D eigenvalue weighted by Crippen LogP contribution is -2.16. The van der Waals surface area contributed by atoms with Crippen molar-refractivity contribution in [3.05, 3.63) is 42.2 Å². The van der Waals surface area contributed by atoms with E-state index in [2.05, 4.69) is 11.1 Å². The molecule has 1 N–H and O–H groups in total. The summed E-state index contributed by atoms with van der Waals surface area (Å²) in [5, 5.41) is 12.9. The molecule has 0 amide bonds. The summed E-state index contributed by atoms with van der Waals surface area (Å²) >= 11 is 0. The molecule has 1 fully saturated rings. The lowest BCUT2D eigenvalue weighted by molar-refractivity contribution is 0.0861. The molecular weight excluding hydrogens is 222 g/mol. The normalized spacial score (nSPS) is 18.9. The average molecular weight is 241 g/mol. The molecule has 2 heteroatoms. The van der Waals surface area contributed by atoms with Crippen molar-refractivity contribution in [2.45, 2.75) is 38.2 Å². The van der Waals surface area contributed by atoms with Crippen molar-refractivity contribution in [1.29, 1.82) is 0 Å². The van der Waals surface area contributed by atoms with Crippen molar-refractivity contribution in [1.82, 2.24) is 4.98 Å². The Hall–Kier alpha value is -1.41. The van der Waals surface area contributed by atoms with Gasteiger partial charge in [-0.25, -0.2) is 0 Å². The molecule has 2 nitrogen and oxygen atoms in total. The molecule has 1 heterocycles. The molecule has 0 spiro atoms. The fraction of sp³-hybridized carbons (Fsp3) is 0.438. The minimum atomic E-state index is -0.335. The van der Waals surface area contributed by atoms with Gasteiger partial charge in [-0.3, -0.25) is 4.98 Å². The lowest BCUT2D eigenvalue weighted by Gasteiger charge is -2.27. The number of benzene rings is 1. The number of fused-ring (bicyclic) bond motifs is 1. The molecule has 1 aromatic heterocycles. The van der Waals surface area contributed by atoms with E-state index >= 15 is 0 Å². The monoisotopic (exact) mass is 241 g/mol. The van der Waals surface area contributed by atoms with Crippen molar-refractivity contribution in [3.63, 3.8) is 0 Å². The maximum Gasteiger partial charge on any atom is 0.0824 e. The van der Waals surface area contributed by atoms with Crippen molar-refractivity contribution in [2.24, 2.45) is 5.92 Å². The molecule has 1 saturated carbocycles. The zero-order valence-electron chi connectivity index (χ0n) is 10.5. The van der Waals surface area contributed by atoms with Gasteiger partial charge < -0.3 is 5.11 Å². The van der Waals surface area contributed by atoms with Crippen LogP contribution in [0.4, 0.5) is 0 Å². The highest BCUT2D eigenvalue weighted by Gasteiger charge is 2.24. The van der Waals surface area contributed by atoms with Gasteiger partial charge in [0.15, 0.2) is 0 Å². The Morgan fingerprint density at radius 2 is 1.94 bits per heavy atom. The Kier molecular flexibility index (Phi) is 3.28. The van der Waals surface area contributed by atoms with E-state index in [0.29, 0.717) is 5.92 Å². The third-order valence-corrected chi connectivity index (χ3v) is 4.13. The van der Waals surface area contributed by atoms with E-state index in [4.69, 9.17) is 0 Å². The first-order chi connectivity index (χ1) is 8.86. The topological polar surface area (TPSA) is 33.1 Å². The molecular formula is C16H19NO. The molecule has 1 unspecified atom stereocenters. The summed E-state index contributed by atoms with van der Waals surface area (Å²) in [6.07, 6.45) is 9.47. The van der Waals surface area contributed by atoms with Crippen molar-refractivity contribution in [3.8, 4) is 0 Å². The van der Waals surface area contributed by atoms with Crippen LogP contribution in [0.5, 0.6) is 0 Å². The van der Waals surface area contributed by atoms with Crippen LogP contribution in [0, 0.1) is 5.92 Å². The van der Waals surface area contributed by atoms with Crippen LogP contribution in [0.1, 0.15) is 43.8 Å². The summed E-state index contributed by atoms with van der Waals surface area (Å²) in [6, 6.07) is 8.16. The standard InChI is InChI=1S/C16H19NO/c18-16(13-5-2-1-3-6-13)14-8-4-7-12-9-10-17-11-15(12)14/h4,7-11,13,16,18H,1-3,5-6H2. The molecule has 1 aliphatic rings. The Balaban J connectivity index is 1.97. The van der Waals surface area contributed by atoms with E-state index in [9.17, 15) is 5.11 Å². The molecule has 0 aliphatic heterocycles. The van der Waals surface area contributed by atoms with E-state index in [0.717, 1.165) is 29.2 Å². The molecule has 18 heavy (non-hydrogen) atoms. The van der Waals surface area contributed by atoms with Gasteiger partial charge >= 0.3 is 0 Å². The number of hydrogen-bond acceptors (Lipinski definition) is 2. The minimum Gasteiger partial charge on any atom is -0.388 e. The fourth-order valence-corrected chi connectivity index (χ4v) is 3.10. The van der Waals surface area contributed by atoms with Gasteiger partial charge in [0.1, 0.15) is 0 Å². The van der Waals surface area contributed by atoms with E-state index in [-0.39, 0.29) is 6.10 Å². The molecule has 2 aromatic rings. The first-order valence-electron chi connectivity index (χ1n) is 6.87. The average Bonchev–Trinajstić information content (AvgIpc) is 2.47. The predicted molar refractivity (Wildman–Crippen MR) is 73.3 cm³/mol. The van der Waals surface area contributed by atoms with E-state index < -0.39 is 0 Å². The summed E-state index contributed by atoms with van der Waals surface area (Å²) < 4.78 is 0. The highest BCUT2D eigenvalue weighted by Crippen LogP contribution is 2.36. The van der Waals surface area contributed by atoms with Gasteiger partial charge in [0, 0.05) is 17.8 Å². The Morgan fingerprint density at radius 1 is 1.11 bits per heavy atom. The summed E-state index contributed by atoms with van der Waals surface area (Å²) in [5.74, 6) is 0.421. The van der Waals surface area contributed by atoms with Crippen molar-refractivity contribution in [2.75, 3.05) is 0 Å². The molecule has 1 aliphatic carbocycles. The molecule has 0 bridgehead atoms. The minimum absolute atomic E-state index is 0.335. The molecule has 1 aromatic carbocycles. The van der Waals surface area contributed by atoms with Crippen LogP contribution in [-0.2, 0) is 0 Å². The Bertz CT molecular complexity index is 526. The van der Waals surface area contributed by atoms with Gasteiger partial charge in [-0.15, -0.1) is 0 Å². The SMILES string of the molecule is OC(c1cccc2ccncc12)C1CCCCC1. The van der Waals surface area contributed by atoms with Crippen molar-refractivity contribution < 1.29 is 5.11 Å². The van der Waals surface area contributed by atoms with Gasteiger partial charge in [0.2, 0.25) is 0 Å². The fourth-order valence-electron chi connectivity index (χ4n) is 3.10. The number of aliphatic hydroxyl groups excluding tert-OH is 1. The van der Waals surface area contributed by atoms with Crippen molar-refractivity contribution >= 4 is 10.8 Å². The van der Waals surface area contributed by atoms with Crippen LogP contribution in [0.25, 0.3) is 10.8 Å². The molecule has 0 radical (unpaired) electrons. The predicted octanol–water partition coefficient (Wildman–Crippen LogP) is 3.85. The maximum atomic E-state index is 10.6. The summed E-state index contributed by atoms with van der Waals surface area (Å²) in [5.41, 5.74) is 1.05. The summed E-state index contributed by atoms with van der Waals surface area (Å²) in [6.45, 7) is 0. The van der Waals surface area contributed by atoms with Crippen LogP contribution in [0.15, 0.2) is 36.7 Å². The van der Waals surface area contributed by atoms with Gasteiger partial charge in [-0.2, -0.15) is 0 Å². The van der Waals surface area contributed by atoms with Crippen LogP contribution in [0.2, 0.25) is 0 Å². The highest BCUT2D eigenvalue weighted by molar-refractivity contribution is 5.85. The van der Waals surface area contributed by atoms with Crippen LogP contribution in [0.3, 0.4) is 0 Å². The van der Waals surface area contributed by atoms with E-state index in [1.165, 1.54) is 19.3 Å².